The first-order chi connectivity index (χ1) is 15.1. The second-order valence-corrected chi connectivity index (χ2v) is 7.67. The van der Waals surface area contributed by atoms with Gasteiger partial charge in [-0.15, -0.1) is 0 Å². The van der Waals surface area contributed by atoms with Crippen molar-refractivity contribution in [1.29, 1.82) is 0 Å². The van der Waals surface area contributed by atoms with E-state index < -0.39 is 0 Å². The standard InChI is InChI=1S/C22H20BrN5O3/c1-30-17-9-6-15(7-10-17)22-26-21(31-27-22)5-2-4-20(29)25-18-14-16(23)8-11-19(18)28-13-3-12-24-28/h3,6-14H,2,4-5H2,1H3,(H,25,29). The summed E-state index contributed by atoms with van der Waals surface area (Å²) < 4.78 is 13.1. The van der Waals surface area contributed by atoms with E-state index in [2.05, 4.69) is 36.5 Å². The summed E-state index contributed by atoms with van der Waals surface area (Å²) in [6.45, 7) is 0. The van der Waals surface area contributed by atoms with E-state index in [1.807, 2.05) is 54.7 Å². The average Bonchev–Trinajstić information content (AvgIpc) is 3.46. The smallest absolute Gasteiger partial charge is 0.226 e. The van der Waals surface area contributed by atoms with Gasteiger partial charge in [0.15, 0.2) is 0 Å². The quantitative estimate of drug-likeness (QED) is 0.393. The van der Waals surface area contributed by atoms with Gasteiger partial charge in [0.1, 0.15) is 5.75 Å². The fourth-order valence-corrected chi connectivity index (χ4v) is 3.41. The molecule has 0 fully saturated rings. The Hall–Kier alpha value is -3.46. The van der Waals surface area contributed by atoms with E-state index in [4.69, 9.17) is 9.26 Å². The Morgan fingerprint density at radius 2 is 2.06 bits per heavy atom. The molecule has 8 nitrogen and oxygen atoms in total. The van der Waals surface area contributed by atoms with Gasteiger partial charge in [0.25, 0.3) is 0 Å². The van der Waals surface area contributed by atoms with E-state index in [1.165, 1.54) is 0 Å². The zero-order valence-electron chi connectivity index (χ0n) is 16.8. The molecule has 2 heterocycles. The Morgan fingerprint density at radius 3 is 2.81 bits per heavy atom. The number of nitrogens with one attached hydrogen (secondary N) is 1. The van der Waals surface area contributed by atoms with Gasteiger partial charge < -0.3 is 14.6 Å². The number of aryl methyl sites for hydroxylation is 1. The molecule has 0 aliphatic heterocycles. The monoisotopic (exact) mass is 481 g/mol. The lowest BCUT2D eigenvalue weighted by molar-refractivity contribution is -0.116. The average molecular weight is 482 g/mol. The molecule has 0 aliphatic carbocycles. The Bertz CT molecular complexity index is 1160. The van der Waals surface area contributed by atoms with Gasteiger partial charge in [-0.2, -0.15) is 10.1 Å². The molecule has 4 aromatic rings. The van der Waals surface area contributed by atoms with Crippen LogP contribution in [0.15, 0.2) is 69.9 Å². The number of ether oxygens (including phenoxy) is 1. The number of hydrogen-bond acceptors (Lipinski definition) is 6. The number of halogens is 1. The van der Waals surface area contributed by atoms with Crippen molar-refractivity contribution in [1.82, 2.24) is 19.9 Å². The van der Waals surface area contributed by atoms with Gasteiger partial charge in [0, 0.05) is 35.3 Å². The molecule has 0 bridgehead atoms. The van der Waals surface area contributed by atoms with Crippen LogP contribution in [0.4, 0.5) is 5.69 Å². The lowest BCUT2D eigenvalue weighted by Crippen LogP contribution is -2.14. The number of hydrogen-bond donors (Lipinski definition) is 1. The van der Waals surface area contributed by atoms with E-state index in [0.717, 1.165) is 21.5 Å². The molecular formula is C22H20BrN5O3. The van der Waals surface area contributed by atoms with E-state index in [0.29, 0.717) is 36.7 Å². The fourth-order valence-electron chi connectivity index (χ4n) is 3.05. The van der Waals surface area contributed by atoms with Crippen LogP contribution in [0.3, 0.4) is 0 Å². The van der Waals surface area contributed by atoms with Crippen molar-refractivity contribution < 1.29 is 14.1 Å². The molecule has 0 saturated carbocycles. The minimum Gasteiger partial charge on any atom is -0.497 e. The number of nitrogens with zero attached hydrogens (tertiary/aromatic N) is 4. The van der Waals surface area contributed by atoms with Crippen LogP contribution in [0.5, 0.6) is 5.75 Å². The summed E-state index contributed by atoms with van der Waals surface area (Å²) in [4.78, 5) is 16.9. The SMILES string of the molecule is COc1ccc(-c2noc(CCCC(=O)Nc3cc(Br)ccc3-n3cccn3)n2)cc1. The number of benzene rings is 2. The summed E-state index contributed by atoms with van der Waals surface area (Å²) in [5, 5.41) is 11.2. The fraction of sp³-hybridized carbons (Fsp3) is 0.182. The molecule has 31 heavy (non-hydrogen) atoms. The molecule has 0 atom stereocenters. The number of methoxy groups -OCH3 is 1. The van der Waals surface area contributed by atoms with Crippen LogP contribution in [0.1, 0.15) is 18.7 Å². The maximum absolute atomic E-state index is 12.5. The zero-order valence-corrected chi connectivity index (χ0v) is 18.4. The van der Waals surface area contributed by atoms with Crippen molar-refractivity contribution in [3.05, 3.63) is 71.3 Å². The van der Waals surface area contributed by atoms with E-state index in [1.54, 1.807) is 18.0 Å². The summed E-state index contributed by atoms with van der Waals surface area (Å²) in [5.74, 6) is 1.68. The number of anilines is 1. The minimum atomic E-state index is -0.0959. The first-order valence-electron chi connectivity index (χ1n) is 9.69. The Kier molecular flexibility index (Phi) is 6.42. The molecule has 0 aliphatic rings. The third-order valence-electron chi connectivity index (χ3n) is 4.59. The number of carbonyl (C=O) groups is 1. The number of aromatic nitrogens is 4. The lowest BCUT2D eigenvalue weighted by atomic mass is 10.2. The van der Waals surface area contributed by atoms with Gasteiger partial charge in [0.05, 0.1) is 18.5 Å². The summed E-state index contributed by atoms with van der Waals surface area (Å²) in [5.41, 5.74) is 2.32. The molecule has 0 unspecified atom stereocenters. The Labute approximate surface area is 187 Å². The highest BCUT2D eigenvalue weighted by Crippen LogP contribution is 2.25. The highest BCUT2D eigenvalue weighted by atomic mass is 79.9. The molecule has 0 saturated heterocycles. The van der Waals surface area contributed by atoms with Crippen molar-refractivity contribution in [3.63, 3.8) is 0 Å². The van der Waals surface area contributed by atoms with Gasteiger partial charge in [0.2, 0.25) is 17.6 Å². The third kappa shape index (κ3) is 5.18. The summed E-state index contributed by atoms with van der Waals surface area (Å²) in [6.07, 6.45) is 4.95. The molecule has 2 aromatic carbocycles. The number of carbonyl (C=O) groups excluding carboxylic acids is 1. The molecule has 158 valence electrons. The maximum Gasteiger partial charge on any atom is 0.226 e. The summed E-state index contributed by atoms with van der Waals surface area (Å²) in [6, 6.07) is 14.9. The number of amides is 1. The molecule has 0 radical (unpaired) electrons. The molecule has 2 aromatic heterocycles. The molecule has 1 N–H and O–H groups in total. The lowest BCUT2D eigenvalue weighted by Gasteiger charge is -2.11. The minimum absolute atomic E-state index is 0.0959. The van der Waals surface area contributed by atoms with Gasteiger partial charge >= 0.3 is 0 Å². The van der Waals surface area contributed by atoms with Crippen molar-refractivity contribution in [3.8, 4) is 22.8 Å². The summed E-state index contributed by atoms with van der Waals surface area (Å²) >= 11 is 3.45. The maximum atomic E-state index is 12.5. The highest BCUT2D eigenvalue weighted by Gasteiger charge is 2.12. The highest BCUT2D eigenvalue weighted by molar-refractivity contribution is 9.10. The molecule has 9 heteroatoms. The molecule has 0 spiro atoms. The van der Waals surface area contributed by atoms with E-state index in [-0.39, 0.29) is 5.91 Å². The molecule has 1 amide bonds. The van der Waals surface area contributed by atoms with Crippen LogP contribution in [-0.2, 0) is 11.2 Å². The first-order valence-corrected chi connectivity index (χ1v) is 10.5. The predicted molar refractivity (Wildman–Crippen MR) is 119 cm³/mol. The van der Waals surface area contributed by atoms with Crippen LogP contribution in [0.25, 0.3) is 17.1 Å². The second-order valence-electron chi connectivity index (χ2n) is 6.75. The van der Waals surface area contributed by atoms with Crippen LogP contribution in [0, 0.1) is 0 Å². The van der Waals surface area contributed by atoms with Crippen LogP contribution >= 0.6 is 15.9 Å². The second kappa shape index (κ2) is 9.57. The third-order valence-corrected chi connectivity index (χ3v) is 5.09. The van der Waals surface area contributed by atoms with Crippen LogP contribution in [-0.4, -0.2) is 32.9 Å². The number of rotatable bonds is 8. The van der Waals surface area contributed by atoms with Crippen molar-refractivity contribution in [2.75, 3.05) is 12.4 Å². The van der Waals surface area contributed by atoms with Gasteiger partial charge in [-0.1, -0.05) is 21.1 Å². The first kappa shape index (κ1) is 20.8. The van der Waals surface area contributed by atoms with Crippen molar-refractivity contribution >= 4 is 27.5 Å². The normalized spacial score (nSPS) is 10.8. The van der Waals surface area contributed by atoms with E-state index >= 15 is 0 Å². The van der Waals surface area contributed by atoms with Gasteiger partial charge in [-0.25, -0.2) is 4.68 Å². The Morgan fingerprint density at radius 1 is 1.23 bits per heavy atom. The van der Waals surface area contributed by atoms with Crippen molar-refractivity contribution in [2.24, 2.45) is 0 Å². The topological polar surface area (TPSA) is 95.1 Å². The van der Waals surface area contributed by atoms with Gasteiger partial charge in [-0.3, -0.25) is 4.79 Å². The summed E-state index contributed by atoms with van der Waals surface area (Å²) in [7, 11) is 1.62. The van der Waals surface area contributed by atoms with Crippen LogP contribution < -0.4 is 10.1 Å². The molecule has 4 rings (SSSR count). The molecular weight excluding hydrogens is 462 g/mol. The van der Waals surface area contributed by atoms with E-state index in [9.17, 15) is 4.79 Å². The van der Waals surface area contributed by atoms with Crippen LogP contribution in [0.2, 0.25) is 0 Å². The largest absolute Gasteiger partial charge is 0.497 e. The van der Waals surface area contributed by atoms with Gasteiger partial charge in [-0.05, 0) is 55.0 Å². The zero-order chi connectivity index (χ0) is 21.6. The van der Waals surface area contributed by atoms with Crippen molar-refractivity contribution in [2.45, 2.75) is 19.3 Å². The Balaban J connectivity index is 1.33. The predicted octanol–water partition coefficient (Wildman–Crippen LogP) is 4.65.